The van der Waals surface area contributed by atoms with Gasteiger partial charge >= 0.3 is 0 Å². The van der Waals surface area contributed by atoms with Gasteiger partial charge in [-0.15, -0.1) is 11.6 Å². The highest BCUT2D eigenvalue weighted by molar-refractivity contribution is 7.91. The Kier molecular flexibility index (Phi) is 3.73. The van der Waals surface area contributed by atoms with Crippen LogP contribution in [0.5, 0.6) is 0 Å². The van der Waals surface area contributed by atoms with Crippen molar-refractivity contribution in [3.05, 3.63) is 11.5 Å². The first-order valence-electron chi connectivity index (χ1n) is 7.10. The summed E-state index contributed by atoms with van der Waals surface area (Å²) in [5.74, 6) is 1.92. The maximum atomic E-state index is 11.6. The summed E-state index contributed by atoms with van der Waals surface area (Å²) in [7, 11) is -0.972. The Labute approximate surface area is 129 Å². The molecule has 3 rings (SSSR count). The van der Waals surface area contributed by atoms with Gasteiger partial charge in [-0.2, -0.15) is 5.10 Å². The van der Waals surface area contributed by atoms with Crippen molar-refractivity contribution in [1.82, 2.24) is 19.3 Å². The predicted molar refractivity (Wildman–Crippen MR) is 82.6 cm³/mol. The summed E-state index contributed by atoms with van der Waals surface area (Å²) in [5.41, 5.74) is 2.76. The second-order valence-corrected chi connectivity index (χ2v) is 8.28. The summed E-state index contributed by atoms with van der Waals surface area (Å²) >= 11 is 5.89. The third-order valence-corrected chi connectivity index (χ3v) is 6.02. The zero-order valence-electron chi connectivity index (χ0n) is 12.2. The van der Waals surface area contributed by atoms with E-state index in [9.17, 15) is 8.42 Å². The van der Waals surface area contributed by atoms with Crippen molar-refractivity contribution in [2.75, 3.05) is 17.4 Å². The molecule has 0 spiro atoms. The Morgan fingerprint density at radius 2 is 2.00 bits per heavy atom. The summed E-state index contributed by atoms with van der Waals surface area (Å²) in [6.07, 6.45) is 1.94. The van der Waals surface area contributed by atoms with Crippen LogP contribution in [0.25, 0.3) is 11.2 Å². The Morgan fingerprint density at radius 3 is 2.62 bits per heavy atom. The molecule has 1 aliphatic rings. The number of aryl methyl sites for hydroxylation is 3. The Bertz CT molecular complexity index is 764. The average Bonchev–Trinajstić information content (AvgIpc) is 2.90. The Hall–Kier alpha value is -1.08. The molecule has 6 nitrogen and oxygen atoms in total. The Balaban J connectivity index is 2.09. The van der Waals surface area contributed by atoms with Gasteiger partial charge in [0.15, 0.2) is 5.65 Å². The first-order valence-corrected chi connectivity index (χ1v) is 9.45. The minimum absolute atomic E-state index is 0.159. The molecule has 8 heteroatoms. The minimum Gasteiger partial charge on any atom is -0.310 e. The van der Waals surface area contributed by atoms with Crippen molar-refractivity contribution in [1.29, 1.82) is 0 Å². The van der Waals surface area contributed by atoms with Crippen molar-refractivity contribution in [3.63, 3.8) is 0 Å². The molecule has 1 aliphatic heterocycles. The normalized spacial score (nSPS) is 19.4. The number of imidazole rings is 1. The van der Waals surface area contributed by atoms with Crippen LogP contribution in [0.15, 0.2) is 0 Å². The smallest absolute Gasteiger partial charge is 0.158 e. The number of alkyl halides is 1. The molecule has 0 aliphatic carbocycles. The zero-order valence-corrected chi connectivity index (χ0v) is 13.8. The molecule has 0 radical (unpaired) electrons. The van der Waals surface area contributed by atoms with E-state index in [1.54, 1.807) is 0 Å². The lowest BCUT2D eigenvalue weighted by Gasteiger charge is -2.25. The predicted octanol–water partition coefficient (Wildman–Crippen LogP) is 1.61. The van der Waals surface area contributed by atoms with Crippen molar-refractivity contribution in [3.8, 4) is 0 Å². The molecule has 0 bridgehead atoms. The van der Waals surface area contributed by atoms with Crippen LogP contribution < -0.4 is 0 Å². The highest BCUT2D eigenvalue weighted by atomic mass is 35.5. The number of sulfone groups is 1. The van der Waals surface area contributed by atoms with Crippen molar-refractivity contribution in [2.24, 2.45) is 7.05 Å². The topological polar surface area (TPSA) is 69.8 Å². The fraction of sp³-hybridized carbons (Fsp3) is 0.692. The van der Waals surface area contributed by atoms with E-state index in [0.717, 1.165) is 22.7 Å². The summed E-state index contributed by atoms with van der Waals surface area (Å²) in [6.45, 7) is 1.94. The molecular formula is C13H19ClN4O2S. The van der Waals surface area contributed by atoms with Crippen LogP contribution in [0, 0.1) is 6.92 Å². The van der Waals surface area contributed by atoms with Crippen LogP contribution in [-0.2, 0) is 23.3 Å². The van der Waals surface area contributed by atoms with E-state index in [2.05, 4.69) is 14.6 Å². The van der Waals surface area contributed by atoms with Crippen LogP contribution >= 0.6 is 11.6 Å². The Morgan fingerprint density at radius 1 is 1.33 bits per heavy atom. The third kappa shape index (κ3) is 2.57. The van der Waals surface area contributed by atoms with Gasteiger partial charge in [-0.25, -0.2) is 13.4 Å². The molecule has 3 heterocycles. The lowest BCUT2D eigenvalue weighted by Crippen LogP contribution is -2.27. The molecule has 0 aromatic carbocycles. The number of hydrogen-bond donors (Lipinski definition) is 0. The number of hydrogen-bond acceptors (Lipinski definition) is 4. The van der Waals surface area contributed by atoms with Gasteiger partial charge in [-0.3, -0.25) is 4.68 Å². The van der Waals surface area contributed by atoms with E-state index in [0.29, 0.717) is 25.1 Å². The van der Waals surface area contributed by atoms with Crippen molar-refractivity contribution >= 4 is 32.6 Å². The number of aromatic nitrogens is 4. The van der Waals surface area contributed by atoms with Gasteiger partial charge in [0, 0.05) is 25.4 Å². The monoisotopic (exact) mass is 330 g/mol. The molecule has 0 N–H and O–H groups in total. The number of fused-ring (bicyclic) bond motifs is 1. The molecule has 0 amide bonds. The largest absolute Gasteiger partial charge is 0.310 e. The van der Waals surface area contributed by atoms with Gasteiger partial charge in [0.25, 0.3) is 0 Å². The number of rotatable bonds is 3. The molecular weight excluding hydrogens is 312 g/mol. The van der Waals surface area contributed by atoms with Gasteiger partial charge in [-0.1, -0.05) is 0 Å². The summed E-state index contributed by atoms with van der Waals surface area (Å²) in [4.78, 5) is 4.68. The first-order chi connectivity index (χ1) is 9.93. The fourth-order valence-electron chi connectivity index (χ4n) is 3.12. The standard InChI is InChI=1S/C13H19ClN4O2S/c1-9-12-13(17(2)16-9)18(11(15-12)3-6-14)10-4-7-21(19,20)8-5-10/h10H,3-8H2,1-2H3. The summed E-state index contributed by atoms with van der Waals surface area (Å²) < 4.78 is 27.3. The lowest BCUT2D eigenvalue weighted by atomic mass is 10.1. The highest BCUT2D eigenvalue weighted by Gasteiger charge is 2.29. The maximum absolute atomic E-state index is 11.6. The zero-order chi connectivity index (χ0) is 15.2. The van der Waals surface area contributed by atoms with Crippen LogP contribution in [0.1, 0.15) is 30.4 Å². The van der Waals surface area contributed by atoms with E-state index in [-0.39, 0.29) is 17.5 Å². The number of halogens is 1. The summed E-state index contributed by atoms with van der Waals surface area (Å²) in [5, 5.41) is 4.42. The van der Waals surface area contributed by atoms with E-state index < -0.39 is 9.84 Å². The third-order valence-electron chi connectivity index (χ3n) is 4.12. The molecule has 1 saturated heterocycles. The van der Waals surface area contributed by atoms with E-state index in [4.69, 9.17) is 11.6 Å². The SMILES string of the molecule is Cc1nn(C)c2c1nc(CCCl)n2C1CCS(=O)(=O)CC1. The summed E-state index contributed by atoms with van der Waals surface area (Å²) in [6, 6.07) is 0.159. The molecule has 0 atom stereocenters. The molecule has 2 aromatic rings. The van der Waals surface area contributed by atoms with Crippen LogP contribution in [0.3, 0.4) is 0 Å². The minimum atomic E-state index is -2.87. The maximum Gasteiger partial charge on any atom is 0.158 e. The fourth-order valence-corrected chi connectivity index (χ4v) is 4.76. The quantitative estimate of drug-likeness (QED) is 0.802. The van der Waals surface area contributed by atoms with Crippen LogP contribution in [-0.4, -0.2) is 45.1 Å². The lowest BCUT2D eigenvalue weighted by molar-refractivity contribution is 0.441. The first kappa shape index (κ1) is 14.8. The van der Waals surface area contributed by atoms with Crippen LogP contribution in [0.2, 0.25) is 0 Å². The average molecular weight is 331 g/mol. The molecule has 0 unspecified atom stereocenters. The van der Waals surface area contributed by atoms with Crippen LogP contribution in [0.4, 0.5) is 0 Å². The molecule has 21 heavy (non-hydrogen) atoms. The van der Waals surface area contributed by atoms with Gasteiger partial charge in [0.05, 0.1) is 17.2 Å². The van der Waals surface area contributed by atoms with Gasteiger partial charge in [-0.05, 0) is 19.8 Å². The van der Waals surface area contributed by atoms with E-state index in [1.807, 2.05) is 18.7 Å². The van der Waals surface area contributed by atoms with Gasteiger partial charge < -0.3 is 4.57 Å². The second kappa shape index (κ2) is 5.28. The van der Waals surface area contributed by atoms with Gasteiger partial charge in [0.2, 0.25) is 0 Å². The molecule has 116 valence electrons. The van der Waals surface area contributed by atoms with E-state index in [1.165, 1.54) is 0 Å². The number of nitrogens with zero attached hydrogens (tertiary/aromatic N) is 4. The van der Waals surface area contributed by atoms with Crippen molar-refractivity contribution in [2.45, 2.75) is 32.2 Å². The molecule has 0 saturated carbocycles. The van der Waals surface area contributed by atoms with Crippen molar-refractivity contribution < 1.29 is 8.42 Å². The van der Waals surface area contributed by atoms with Gasteiger partial charge in [0.1, 0.15) is 21.2 Å². The molecule has 1 fully saturated rings. The van der Waals surface area contributed by atoms with E-state index >= 15 is 0 Å². The second-order valence-electron chi connectivity index (χ2n) is 5.60. The highest BCUT2D eigenvalue weighted by Crippen LogP contribution is 2.30. The molecule has 2 aromatic heterocycles.